The smallest absolute Gasteiger partial charge is 0.0584 e. The molecule has 10 heavy (non-hydrogen) atoms. The van der Waals surface area contributed by atoms with Crippen LogP contribution in [0.4, 0.5) is 0 Å². The number of piperidine rings is 1. The summed E-state index contributed by atoms with van der Waals surface area (Å²) in [6.45, 7) is 0.326. The van der Waals surface area contributed by atoms with Gasteiger partial charge in [0, 0.05) is 12.1 Å². The Labute approximate surface area is 61.6 Å². The summed E-state index contributed by atoms with van der Waals surface area (Å²) in [5, 5.41) is 12.3. The number of aliphatic hydroxyl groups excluding tert-OH is 1. The van der Waals surface area contributed by atoms with E-state index in [-0.39, 0.29) is 0 Å². The van der Waals surface area contributed by atoms with E-state index in [0.29, 0.717) is 12.6 Å². The largest absolute Gasteiger partial charge is 0.395 e. The Morgan fingerprint density at radius 2 is 2.20 bits per heavy atom. The van der Waals surface area contributed by atoms with Gasteiger partial charge >= 0.3 is 0 Å². The predicted molar refractivity (Wildman–Crippen MR) is 39.8 cm³/mol. The summed E-state index contributed by atoms with van der Waals surface area (Å²) in [4.78, 5) is 0. The molecule has 58 valence electrons. The average Bonchev–Trinajstić information content (AvgIpc) is 2.30. The third-order valence-electron chi connectivity index (χ3n) is 2.85. The average molecular weight is 141 g/mol. The van der Waals surface area contributed by atoms with Crippen LogP contribution in [0.25, 0.3) is 0 Å². The lowest BCUT2D eigenvalue weighted by molar-refractivity contribution is 0.192. The first-order valence-electron chi connectivity index (χ1n) is 4.25. The molecule has 1 saturated heterocycles. The van der Waals surface area contributed by atoms with Crippen molar-refractivity contribution >= 4 is 0 Å². The summed E-state index contributed by atoms with van der Waals surface area (Å²) in [6, 6.07) is 1.14. The first-order chi connectivity index (χ1) is 4.88. The molecule has 2 N–H and O–H groups in total. The molecule has 1 aliphatic carbocycles. The summed E-state index contributed by atoms with van der Waals surface area (Å²) >= 11 is 0. The minimum absolute atomic E-state index is 0.326. The second-order valence-electron chi connectivity index (χ2n) is 3.66. The SMILES string of the molecule is OCC1CC2CCC(C2)N1. The maximum Gasteiger partial charge on any atom is 0.0584 e. The summed E-state index contributed by atoms with van der Waals surface area (Å²) in [6.07, 6.45) is 5.28. The fourth-order valence-corrected chi connectivity index (χ4v) is 2.37. The van der Waals surface area contributed by atoms with Gasteiger partial charge < -0.3 is 10.4 Å². The molecule has 1 heterocycles. The van der Waals surface area contributed by atoms with Crippen LogP contribution in [-0.2, 0) is 0 Å². The van der Waals surface area contributed by atoms with Gasteiger partial charge in [0.2, 0.25) is 0 Å². The van der Waals surface area contributed by atoms with Gasteiger partial charge in [0.25, 0.3) is 0 Å². The van der Waals surface area contributed by atoms with Crippen LogP contribution in [0.2, 0.25) is 0 Å². The van der Waals surface area contributed by atoms with E-state index in [2.05, 4.69) is 5.32 Å². The van der Waals surface area contributed by atoms with Gasteiger partial charge in [0.1, 0.15) is 0 Å². The molecule has 0 radical (unpaired) electrons. The van der Waals surface area contributed by atoms with Gasteiger partial charge in [-0.25, -0.2) is 0 Å². The Balaban J connectivity index is 1.96. The number of fused-ring (bicyclic) bond motifs is 2. The van der Waals surface area contributed by atoms with Gasteiger partial charge in [-0.3, -0.25) is 0 Å². The third kappa shape index (κ3) is 1.06. The summed E-state index contributed by atoms with van der Waals surface area (Å²) in [5.74, 6) is 0.920. The molecule has 2 aliphatic rings. The number of aliphatic hydroxyl groups is 1. The van der Waals surface area contributed by atoms with Crippen molar-refractivity contribution in [2.45, 2.75) is 37.8 Å². The van der Waals surface area contributed by atoms with Gasteiger partial charge in [-0.2, -0.15) is 0 Å². The molecule has 3 unspecified atom stereocenters. The van der Waals surface area contributed by atoms with E-state index in [0.717, 1.165) is 12.0 Å². The van der Waals surface area contributed by atoms with Gasteiger partial charge in [0.05, 0.1) is 6.61 Å². The second kappa shape index (κ2) is 2.51. The molecule has 3 atom stereocenters. The van der Waals surface area contributed by atoms with E-state index < -0.39 is 0 Å². The first kappa shape index (κ1) is 6.62. The number of rotatable bonds is 1. The Morgan fingerprint density at radius 1 is 1.30 bits per heavy atom. The second-order valence-corrected chi connectivity index (χ2v) is 3.66. The molecule has 0 aromatic rings. The molecule has 2 heteroatoms. The van der Waals surface area contributed by atoms with Crippen LogP contribution in [0.15, 0.2) is 0 Å². The summed E-state index contributed by atoms with van der Waals surface area (Å²) in [7, 11) is 0. The van der Waals surface area contributed by atoms with E-state index in [9.17, 15) is 0 Å². The van der Waals surface area contributed by atoms with Crippen LogP contribution in [0, 0.1) is 5.92 Å². The van der Waals surface area contributed by atoms with Crippen LogP contribution in [0.1, 0.15) is 25.7 Å². The molecule has 2 fully saturated rings. The maximum absolute atomic E-state index is 8.89. The highest BCUT2D eigenvalue weighted by molar-refractivity contribution is 4.90. The fraction of sp³-hybridized carbons (Fsp3) is 1.00. The summed E-state index contributed by atoms with van der Waals surface area (Å²) in [5.41, 5.74) is 0. The molecule has 2 bridgehead atoms. The molecular weight excluding hydrogens is 126 g/mol. The Bertz CT molecular complexity index is 114. The number of nitrogens with one attached hydrogen (secondary N) is 1. The van der Waals surface area contributed by atoms with Crippen molar-refractivity contribution < 1.29 is 5.11 Å². The molecule has 0 aromatic heterocycles. The molecule has 2 nitrogen and oxygen atoms in total. The fourth-order valence-electron chi connectivity index (χ4n) is 2.37. The van der Waals surface area contributed by atoms with Crippen LogP contribution in [0.3, 0.4) is 0 Å². The van der Waals surface area contributed by atoms with Crippen molar-refractivity contribution in [2.75, 3.05) is 6.61 Å². The lowest BCUT2D eigenvalue weighted by Crippen LogP contribution is -2.43. The number of hydrogen-bond donors (Lipinski definition) is 2. The zero-order valence-corrected chi connectivity index (χ0v) is 6.21. The van der Waals surface area contributed by atoms with Gasteiger partial charge in [-0.15, -0.1) is 0 Å². The molecule has 1 aliphatic heterocycles. The number of hydrogen-bond acceptors (Lipinski definition) is 2. The quantitative estimate of drug-likeness (QED) is 0.557. The third-order valence-corrected chi connectivity index (χ3v) is 2.85. The molecular formula is C8H15NO. The molecule has 1 saturated carbocycles. The van der Waals surface area contributed by atoms with E-state index in [1.807, 2.05) is 0 Å². The van der Waals surface area contributed by atoms with E-state index in [1.165, 1.54) is 25.7 Å². The van der Waals surface area contributed by atoms with E-state index >= 15 is 0 Å². The maximum atomic E-state index is 8.89. The zero-order chi connectivity index (χ0) is 6.97. The van der Waals surface area contributed by atoms with Crippen LogP contribution >= 0.6 is 0 Å². The highest BCUT2D eigenvalue weighted by atomic mass is 16.3. The monoisotopic (exact) mass is 141 g/mol. The van der Waals surface area contributed by atoms with Gasteiger partial charge in [-0.05, 0) is 31.6 Å². The lowest BCUT2D eigenvalue weighted by atomic mass is 9.95. The van der Waals surface area contributed by atoms with E-state index in [4.69, 9.17) is 5.11 Å². The van der Waals surface area contributed by atoms with Gasteiger partial charge in [-0.1, -0.05) is 0 Å². The summed E-state index contributed by atoms with van der Waals surface area (Å²) < 4.78 is 0. The molecule has 0 amide bonds. The van der Waals surface area contributed by atoms with Crippen molar-refractivity contribution in [2.24, 2.45) is 5.92 Å². The Hall–Kier alpha value is -0.0800. The van der Waals surface area contributed by atoms with Gasteiger partial charge in [0.15, 0.2) is 0 Å². The Morgan fingerprint density at radius 3 is 2.90 bits per heavy atom. The Kier molecular flexibility index (Phi) is 1.66. The zero-order valence-electron chi connectivity index (χ0n) is 6.21. The minimum atomic E-state index is 0.326. The van der Waals surface area contributed by atoms with Crippen LogP contribution in [-0.4, -0.2) is 23.8 Å². The normalized spacial score (nSPS) is 45.9. The van der Waals surface area contributed by atoms with Crippen molar-refractivity contribution in [1.82, 2.24) is 5.32 Å². The molecule has 2 rings (SSSR count). The standard InChI is InChI=1S/C8H15NO/c10-5-8-4-6-1-2-7(3-6)9-8/h6-10H,1-5H2. The minimum Gasteiger partial charge on any atom is -0.395 e. The van der Waals surface area contributed by atoms with Crippen molar-refractivity contribution in [3.8, 4) is 0 Å². The predicted octanol–water partition coefficient (Wildman–Crippen LogP) is 0.509. The van der Waals surface area contributed by atoms with Crippen molar-refractivity contribution in [1.29, 1.82) is 0 Å². The topological polar surface area (TPSA) is 32.3 Å². The van der Waals surface area contributed by atoms with Crippen LogP contribution < -0.4 is 5.32 Å². The molecule has 0 spiro atoms. The van der Waals surface area contributed by atoms with Crippen molar-refractivity contribution in [3.05, 3.63) is 0 Å². The molecule has 0 aromatic carbocycles. The lowest BCUT2D eigenvalue weighted by Gasteiger charge is -2.27. The van der Waals surface area contributed by atoms with Crippen molar-refractivity contribution in [3.63, 3.8) is 0 Å². The van der Waals surface area contributed by atoms with Crippen LogP contribution in [0.5, 0.6) is 0 Å². The first-order valence-corrected chi connectivity index (χ1v) is 4.25. The highest BCUT2D eigenvalue weighted by Gasteiger charge is 2.32. The van der Waals surface area contributed by atoms with E-state index in [1.54, 1.807) is 0 Å². The highest BCUT2D eigenvalue weighted by Crippen LogP contribution is 2.33.